The molecule has 0 saturated heterocycles. The van der Waals surface area contributed by atoms with Crippen molar-refractivity contribution < 1.29 is 31.8 Å². The molecule has 0 aromatic heterocycles. The number of halogens is 4. The summed E-state index contributed by atoms with van der Waals surface area (Å²) in [6.07, 6.45) is -4.45. The number of hydrogen-bond acceptors (Lipinski definition) is 3. The van der Waals surface area contributed by atoms with Gasteiger partial charge in [-0.2, -0.15) is 13.2 Å². The molecule has 162 valence electrons. The van der Waals surface area contributed by atoms with Gasteiger partial charge in [0.25, 0.3) is 0 Å². The standard InChI is InChI=1S/C22H23F4NO3/c1-21(2,3)30-20(28)27-9-8-14-5-7-18(10-16(14)12-27)29-13-15-4-6-17(23)11-19(15)22(24,25)26/h4-7,10-11H,8-9,12-13H2,1-3H3. The van der Waals surface area contributed by atoms with E-state index in [1.165, 1.54) is 0 Å². The highest BCUT2D eigenvalue weighted by atomic mass is 19.4. The van der Waals surface area contributed by atoms with Gasteiger partial charge in [0.2, 0.25) is 0 Å². The number of alkyl halides is 3. The summed E-state index contributed by atoms with van der Waals surface area (Å²) < 4.78 is 63.6. The Labute approximate surface area is 172 Å². The lowest BCUT2D eigenvalue weighted by molar-refractivity contribution is -0.138. The zero-order valence-electron chi connectivity index (χ0n) is 17.0. The van der Waals surface area contributed by atoms with Crippen molar-refractivity contribution in [2.24, 2.45) is 0 Å². The normalized spacial score (nSPS) is 14.3. The van der Waals surface area contributed by atoms with Crippen molar-refractivity contribution in [3.05, 3.63) is 64.5 Å². The van der Waals surface area contributed by atoms with Gasteiger partial charge in [-0.25, -0.2) is 9.18 Å². The first-order valence-corrected chi connectivity index (χ1v) is 9.50. The molecule has 1 heterocycles. The maximum atomic E-state index is 13.3. The molecule has 0 N–H and O–H groups in total. The number of amides is 1. The van der Waals surface area contributed by atoms with E-state index < -0.39 is 29.3 Å². The van der Waals surface area contributed by atoms with Crippen molar-refractivity contribution in [2.45, 2.75) is 52.1 Å². The van der Waals surface area contributed by atoms with Crippen molar-refractivity contribution >= 4 is 6.09 Å². The second-order valence-corrected chi connectivity index (χ2v) is 8.17. The van der Waals surface area contributed by atoms with Crippen LogP contribution in [0.1, 0.15) is 43.0 Å². The fourth-order valence-electron chi connectivity index (χ4n) is 3.21. The van der Waals surface area contributed by atoms with Crippen molar-refractivity contribution in [1.29, 1.82) is 0 Å². The maximum absolute atomic E-state index is 13.3. The molecule has 1 aliphatic rings. The molecule has 0 bridgehead atoms. The molecule has 2 aromatic rings. The van der Waals surface area contributed by atoms with Crippen LogP contribution in [0.25, 0.3) is 0 Å². The predicted molar refractivity (Wildman–Crippen MR) is 103 cm³/mol. The second kappa shape index (κ2) is 8.16. The topological polar surface area (TPSA) is 38.8 Å². The monoisotopic (exact) mass is 425 g/mol. The van der Waals surface area contributed by atoms with Crippen molar-refractivity contribution in [2.75, 3.05) is 6.54 Å². The predicted octanol–water partition coefficient (Wildman–Crippen LogP) is 5.72. The summed E-state index contributed by atoms with van der Waals surface area (Å²) in [7, 11) is 0. The Kier molecular flexibility index (Phi) is 5.97. The fourth-order valence-corrected chi connectivity index (χ4v) is 3.21. The van der Waals surface area contributed by atoms with Crippen LogP contribution >= 0.6 is 0 Å². The first kappa shape index (κ1) is 21.9. The lowest BCUT2D eigenvalue weighted by Gasteiger charge is -2.31. The molecule has 0 saturated carbocycles. The zero-order valence-corrected chi connectivity index (χ0v) is 17.0. The molecule has 2 aromatic carbocycles. The van der Waals surface area contributed by atoms with Gasteiger partial charge in [-0.3, -0.25) is 0 Å². The largest absolute Gasteiger partial charge is 0.489 e. The molecular weight excluding hydrogens is 402 g/mol. The SMILES string of the molecule is CC(C)(C)OC(=O)N1CCc2ccc(OCc3ccc(F)cc3C(F)(F)F)cc2C1. The minimum Gasteiger partial charge on any atom is -0.489 e. The summed E-state index contributed by atoms with van der Waals surface area (Å²) in [6, 6.07) is 7.73. The van der Waals surface area contributed by atoms with Crippen molar-refractivity contribution in [3.63, 3.8) is 0 Å². The Balaban J connectivity index is 1.72. The molecule has 0 atom stereocenters. The molecule has 0 aliphatic carbocycles. The number of carbonyl (C=O) groups is 1. The van der Waals surface area contributed by atoms with Crippen LogP contribution in [0.2, 0.25) is 0 Å². The maximum Gasteiger partial charge on any atom is 0.416 e. The minimum absolute atomic E-state index is 0.156. The van der Waals surface area contributed by atoms with Gasteiger partial charge in [-0.1, -0.05) is 12.1 Å². The molecule has 8 heteroatoms. The number of hydrogen-bond donors (Lipinski definition) is 0. The average molecular weight is 425 g/mol. The number of ether oxygens (including phenoxy) is 2. The van der Waals surface area contributed by atoms with Gasteiger partial charge < -0.3 is 14.4 Å². The van der Waals surface area contributed by atoms with Gasteiger partial charge in [0.05, 0.1) is 5.56 Å². The van der Waals surface area contributed by atoms with Crippen LogP contribution in [0.4, 0.5) is 22.4 Å². The Morgan fingerprint density at radius 1 is 1.07 bits per heavy atom. The van der Waals surface area contributed by atoms with Gasteiger partial charge in [0.1, 0.15) is 23.8 Å². The van der Waals surface area contributed by atoms with Crippen molar-refractivity contribution in [3.8, 4) is 5.75 Å². The Bertz CT molecular complexity index is 935. The van der Waals surface area contributed by atoms with E-state index in [2.05, 4.69) is 0 Å². The highest BCUT2D eigenvalue weighted by Gasteiger charge is 2.34. The summed E-state index contributed by atoms with van der Waals surface area (Å²) in [5.74, 6) is -0.584. The lowest BCUT2D eigenvalue weighted by atomic mass is 10.00. The Morgan fingerprint density at radius 2 is 1.80 bits per heavy atom. The third-order valence-corrected chi connectivity index (χ3v) is 4.61. The summed E-state index contributed by atoms with van der Waals surface area (Å²) in [6.45, 7) is 5.86. The van der Waals surface area contributed by atoms with Crippen LogP contribution in [-0.4, -0.2) is 23.1 Å². The molecule has 4 nitrogen and oxygen atoms in total. The summed E-state index contributed by atoms with van der Waals surface area (Å²) in [5.41, 5.74) is 0.0708. The molecule has 0 unspecified atom stereocenters. The number of fused-ring (bicyclic) bond motifs is 1. The van der Waals surface area contributed by atoms with Gasteiger partial charge in [0.15, 0.2) is 0 Å². The van der Waals surface area contributed by atoms with Crippen molar-refractivity contribution in [1.82, 2.24) is 4.90 Å². The van der Waals surface area contributed by atoms with Crippen LogP contribution < -0.4 is 4.74 Å². The Morgan fingerprint density at radius 3 is 2.47 bits per heavy atom. The van der Waals surface area contributed by atoms with Gasteiger partial charge in [-0.15, -0.1) is 0 Å². The van der Waals surface area contributed by atoms with Crippen LogP contribution in [0, 0.1) is 5.82 Å². The quantitative estimate of drug-likeness (QED) is 0.591. The highest BCUT2D eigenvalue weighted by Crippen LogP contribution is 2.33. The summed E-state index contributed by atoms with van der Waals surface area (Å²) in [5, 5.41) is 0. The molecule has 30 heavy (non-hydrogen) atoms. The summed E-state index contributed by atoms with van der Waals surface area (Å²) in [4.78, 5) is 13.9. The Hall–Kier alpha value is -2.77. The fraction of sp³-hybridized carbons (Fsp3) is 0.409. The number of benzene rings is 2. The lowest BCUT2D eigenvalue weighted by Crippen LogP contribution is -2.39. The number of nitrogens with zero attached hydrogens (tertiary/aromatic N) is 1. The van der Waals surface area contributed by atoms with E-state index in [0.717, 1.165) is 23.3 Å². The molecule has 3 rings (SSSR count). The van der Waals surface area contributed by atoms with Gasteiger partial charge in [0, 0.05) is 18.7 Å². The van der Waals surface area contributed by atoms with Gasteiger partial charge >= 0.3 is 12.3 Å². The first-order valence-electron chi connectivity index (χ1n) is 9.50. The van der Waals surface area contributed by atoms with E-state index in [-0.39, 0.29) is 12.2 Å². The van der Waals surface area contributed by atoms with Crippen LogP contribution in [0.15, 0.2) is 36.4 Å². The van der Waals surface area contributed by atoms with Crippen LogP contribution in [-0.2, 0) is 30.5 Å². The van der Waals surface area contributed by atoms with E-state index in [1.807, 2.05) is 6.07 Å². The van der Waals surface area contributed by atoms with E-state index in [0.29, 0.717) is 31.3 Å². The van der Waals surface area contributed by atoms with E-state index in [9.17, 15) is 22.4 Å². The minimum atomic E-state index is -4.68. The molecule has 0 fully saturated rings. The zero-order chi connectivity index (χ0) is 22.1. The second-order valence-electron chi connectivity index (χ2n) is 8.17. The third-order valence-electron chi connectivity index (χ3n) is 4.61. The molecule has 1 amide bonds. The van der Waals surface area contributed by atoms with E-state index in [4.69, 9.17) is 9.47 Å². The molecular formula is C22H23F4NO3. The first-order chi connectivity index (χ1) is 13.9. The van der Waals surface area contributed by atoms with E-state index in [1.54, 1.807) is 37.8 Å². The smallest absolute Gasteiger partial charge is 0.416 e. The van der Waals surface area contributed by atoms with E-state index >= 15 is 0 Å². The number of rotatable bonds is 3. The highest BCUT2D eigenvalue weighted by molar-refractivity contribution is 5.68. The molecule has 0 spiro atoms. The van der Waals surface area contributed by atoms with Gasteiger partial charge in [-0.05, 0) is 62.6 Å². The number of carbonyl (C=O) groups excluding carboxylic acids is 1. The average Bonchev–Trinajstić information content (AvgIpc) is 2.64. The van der Waals surface area contributed by atoms with Crippen LogP contribution in [0.3, 0.4) is 0 Å². The molecule has 0 radical (unpaired) electrons. The third kappa shape index (κ3) is 5.43. The van der Waals surface area contributed by atoms with Crippen LogP contribution in [0.5, 0.6) is 5.75 Å². The summed E-state index contributed by atoms with van der Waals surface area (Å²) >= 11 is 0. The molecule has 1 aliphatic heterocycles.